The quantitative estimate of drug-likeness (QED) is 0.718. The van der Waals surface area contributed by atoms with E-state index in [9.17, 15) is 4.79 Å². The molecule has 0 saturated heterocycles. The molecule has 0 bridgehead atoms. The van der Waals surface area contributed by atoms with Crippen LogP contribution in [0.2, 0.25) is 5.02 Å². The van der Waals surface area contributed by atoms with Crippen LogP contribution in [0.1, 0.15) is 24.1 Å². The predicted octanol–water partition coefficient (Wildman–Crippen LogP) is 4.62. The number of carbonyl (C=O) groups excluding carboxylic acids is 1. The van der Waals surface area contributed by atoms with Crippen molar-refractivity contribution in [2.75, 3.05) is 6.61 Å². The Hall–Kier alpha value is -3.03. The molecule has 0 saturated carbocycles. The van der Waals surface area contributed by atoms with E-state index in [1.807, 2.05) is 43.3 Å². The summed E-state index contributed by atoms with van der Waals surface area (Å²) in [5.74, 6) is 0.130. The van der Waals surface area contributed by atoms with Gasteiger partial charge in [-0.3, -0.25) is 4.79 Å². The first-order valence-electron chi connectivity index (χ1n) is 8.17. The molecule has 0 spiro atoms. The largest absolute Gasteiger partial charge is 0.482 e. The van der Waals surface area contributed by atoms with Gasteiger partial charge in [-0.25, -0.2) is 0 Å². The molecule has 3 aromatic carbocycles. The molecule has 0 aliphatic rings. The van der Waals surface area contributed by atoms with Crippen LogP contribution in [-0.2, 0) is 4.79 Å². The number of carbonyl (C=O) groups is 1. The smallest absolute Gasteiger partial charge is 0.258 e. The Balaban J connectivity index is 1.61. The number of amides is 1. The van der Waals surface area contributed by atoms with E-state index in [-0.39, 0.29) is 18.6 Å². The number of hydrogen-bond acceptors (Lipinski definition) is 3. The highest BCUT2D eigenvalue weighted by atomic mass is 35.5. The lowest BCUT2D eigenvalue weighted by Crippen LogP contribution is -2.31. The van der Waals surface area contributed by atoms with Crippen LogP contribution in [0, 0.1) is 11.3 Å². The SMILES string of the molecule is CC(NC(=O)COc1ccc(C#N)cc1Cl)c1ccc2ccccc2c1. The molecule has 0 radical (unpaired) electrons. The molecule has 1 unspecified atom stereocenters. The second kappa shape index (κ2) is 7.90. The summed E-state index contributed by atoms with van der Waals surface area (Å²) in [4.78, 5) is 12.2. The minimum atomic E-state index is -0.244. The minimum absolute atomic E-state index is 0.146. The first-order valence-corrected chi connectivity index (χ1v) is 8.55. The van der Waals surface area contributed by atoms with Crippen LogP contribution >= 0.6 is 11.6 Å². The molecule has 0 aliphatic carbocycles. The predicted molar refractivity (Wildman–Crippen MR) is 102 cm³/mol. The fourth-order valence-corrected chi connectivity index (χ4v) is 2.91. The van der Waals surface area contributed by atoms with Crippen molar-refractivity contribution >= 4 is 28.3 Å². The highest BCUT2D eigenvalue weighted by Crippen LogP contribution is 2.25. The summed E-state index contributed by atoms with van der Waals surface area (Å²) < 4.78 is 5.45. The Morgan fingerprint density at radius 1 is 1.15 bits per heavy atom. The first kappa shape index (κ1) is 17.8. The van der Waals surface area contributed by atoms with Gasteiger partial charge < -0.3 is 10.1 Å². The zero-order chi connectivity index (χ0) is 18.5. The molecule has 130 valence electrons. The maximum Gasteiger partial charge on any atom is 0.258 e. The molecule has 0 aliphatic heterocycles. The summed E-state index contributed by atoms with van der Waals surface area (Å²) in [6, 6.07) is 20.7. The summed E-state index contributed by atoms with van der Waals surface area (Å²) in [5.41, 5.74) is 1.46. The van der Waals surface area contributed by atoms with E-state index in [1.54, 1.807) is 12.1 Å². The van der Waals surface area contributed by atoms with Crippen molar-refractivity contribution in [1.82, 2.24) is 5.32 Å². The molecule has 26 heavy (non-hydrogen) atoms. The fraction of sp³-hybridized carbons (Fsp3) is 0.143. The lowest BCUT2D eigenvalue weighted by Gasteiger charge is -2.16. The van der Waals surface area contributed by atoms with Gasteiger partial charge in [0.2, 0.25) is 0 Å². The third kappa shape index (κ3) is 4.14. The average Bonchev–Trinajstić information content (AvgIpc) is 2.66. The summed E-state index contributed by atoms with van der Waals surface area (Å²) in [5, 5.41) is 14.3. The topological polar surface area (TPSA) is 62.1 Å². The lowest BCUT2D eigenvalue weighted by atomic mass is 10.0. The maximum absolute atomic E-state index is 12.2. The molecule has 5 heteroatoms. The molecule has 0 fully saturated rings. The number of nitriles is 1. The maximum atomic E-state index is 12.2. The van der Waals surface area contributed by atoms with Crippen LogP contribution in [0.15, 0.2) is 60.7 Å². The van der Waals surface area contributed by atoms with Gasteiger partial charge in [0, 0.05) is 0 Å². The highest BCUT2D eigenvalue weighted by molar-refractivity contribution is 6.32. The Morgan fingerprint density at radius 3 is 2.65 bits per heavy atom. The van der Waals surface area contributed by atoms with Crippen molar-refractivity contribution in [3.05, 3.63) is 76.8 Å². The molecule has 4 nitrogen and oxygen atoms in total. The minimum Gasteiger partial charge on any atom is -0.482 e. The van der Waals surface area contributed by atoms with E-state index in [0.29, 0.717) is 16.3 Å². The molecule has 1 atom stereocenters. The van der Waals surface area contributed by atoms with Crippen LogP contribution < -0.4 is 10.1 Å². The van der Waals surface area contributed by atoms with E-state index in [4.69, 9.17) is 21.6 Å². The second-order valence-electron chi connectivity index (χ2n) is 5.94. The summed E-state index contributed by atoms with van der Waals surface area (Å²) in [6.07, 6.45) is 0. The van der Waals surface area contributed by atoms with Gasteiger partial charge >= 0.3 is 0 Å². The highest BCUT2D eigenvalue weighted by Gasteiger charge is 2.12. The zero-order valence-corrected chi connectivity index (χ0v) is 15.0. The summed E-state index contributed by atoms with van der Waals surface area (Å²) >= 11 is 6.04. The molecule has 0 heterocycles. The van der Waals surface area contributed by atoms with Gasteiger partial charge in [0.05, 0.1) is 22.7 Å². The summed E-state index contributed by atoms with van der Waals surface area (Å²) in [6.45, 7) is 1.78. The standard InChI is InChI=1S/C21H17ClN2O2/c1-14(17-8-7-16-4-2-3-5-18(16)11-17)24-21(25)13-26-20-9-6-15(12-23)10-19(20)22/h2-11,14H,13H2,1H3,(H,24,25). The van der Waals surface area contributed by atoms with Crippen molar-refractivity contribution in [1.29, 1.82) is 5.26 Å². The van der Waals surface area contributed by atoms with Crippen LogP contribution in [0.4, 0.5) is 0 Å². The Labute approximate surface area is 157 Å². The van der Waals surface area contributed by atoms with Gasteiger partial charge in [0.1, 0.15) is 5.75 Å². The molecule has 3 aromatic rings. The van der Waals surface area contributed by atoms with Gasteiger partial charge in [-0.1, -0.05) is 48.0 Å². The van der Waals surface area contributed by atoms with E-state index >= 15 is 0 Å². The number of nitrogens with one attached hydrogen (secondary N) is 1. The average molecular weight is 365 g/mol. The van der Waals surface area contributed by atoms with Gasteiger partial charge in [0.15, 0.2) is 6.61 Å². The normalized spacial score (nSPS) is 11.6. The van der Waals surface area contributed by atoms with Crippen molar-refractivity contribution in [2.24, 2.45) is 0 Å². The number of halogens is 1. The van der Waals surface area contributed by atoms with Gasteiger partial charge in [-0.15, -0.1) is 0 Å². The van der Waals surface area contributed by atoms with E-state index in [1.165, 1.54) is 6.07 Å². The van der Waals surface area contributed by atoms with Gasteiger partial charge in [0.25, 0.3) is 5.91 Å². The Kier molecular flexibility index (Phi) is 5.40. The number of hydrogen-bond donors (Lipinski definition) is 1. The molecule has 1 amide bonds. The number of rotatable bonds is 5. The van der Waals surface area contributed by atoms with Crippen molar-refractivity contribution in [3.8, 4) is 11.8 Å². The van der Waals surface area contributed by atoms with Gasteiger partial charge in [-0.2, -0.15) is 5.26 Å². The van der Waals surface area contributed by atoms with Crippen LogP contribution in [0.3, 0.4) is 0 Å². The Bertz CT molecular complexity index is 995. The molecule has 3 rings (SSSR count). The third-order valence-corrected chi connectivity index (χ3v) is 4.37. The molecular formula is C21H17ClN2O2. The van der Waals surface area contributed by atoms with E-state index in [2.05, 4.69) is 17.4 Å². The molecular weight excluding hydrogens is 348 g/mol. The van der Waals surface area contributed by atoms with Crippen LogP contribution in [0.25, 0.3) is 10.8 Å². The van der Waals surface area contributed by atoms with Crippen molar-refractivity contribution < 1.29 is 9.53 Å². The second-order valence-corrected chi connectivity index (χ2v) is 6.35. The number of nitrogens with zero attached hydrogens (tertiary/aromatic N) is 1. The van der Waals surface area contributed by atoms with Crippen molar-refractivity contribution in [3.63, 3.8) is 0 Å². The van der Waals surface area contributed by atoms with Gasteiger partial charge in [-0.05, 0) is 47.5 Å². The van der Waals surface area contributed by atoms with E-state index in [0.717, 1.165) is 16.3 Å². The Morgan fingerprint density at radius 2 is 1.92 bits per heavy atom. The fourth-order valence-electron chi connectivity index (χ4n) is 2.67. The molecule has 0 aromatic heterocycles. The van der Waals surface area contributed by atoms with E-state index < -0.39 is 0 Å². The monoisotopic (exact) mass is 364 g/mol. The van der Waals surface area contributed by atoms with Crippen LogP contribution in [0.5, 0.6) is 5.75 Å². The number of benzene rings is 3. The molecule has 1 N–H and O–H groups in total. The van der Waals surface area contributed by atoms with Crippen LogP contribution in [-0.4, -0.2) is 12.5 Å². The first-order chi connectivity index (χ1) is 12.6. The third-order valence-electron chi connectivity index (χ3n) is 4.07. The summed E-state index contributed by atoms with van der Waals surface area (Å²) in [7, 11) is 0. The zero-order valence-electron chi connectivity index (χ0n) is 14.2. The number of fused-ring (bicyclic) bond motifs is 1. The lowest BCUT2D eigenvalue weighted by molar-refractivity contribution is -0.123. The number of ether oxygens (including phenoxy) is 1. The van der Waals surface area contributed by atoms with Crippen molar-refractivity contribution in [2.45, 2.75) is 13.0 Å².